The van der Waals surface area contributed by atoms with E-state index in [9.17, 15) is 17.2 Å². The first-order valence-electron chi connectivity index (χ1n) is 8.47. The van der Waals surface area contributed by atoms with E-state index in [2.05, 4.69) is 20.4 Å². The first-order chi connectivity index (χ1) is 13.2. The number of ether oxygens (including phenoxy) is 1. The largest absolute Gasteiger partial charge is 0.435 e. The number of sulfone groups is 1. The normalized spacial score (nSPS) is 11.7. The van der Waals surface area contributed by atoms with E-state index in [1.165, 1.54) is 18.4 Å². The first kappa shape index (κ1) is 25.1. The van der Waals surface area contributed by atoms with Gasteiger partial charge in [-0.1, -0.05) is 24.3 Å². The molecule has 0 saturated heterocycles. The minimum atomic E-state index is -3.25. The lowest BCUT2D eigenvalue weighted by atomic mass is 10.1. The van der Waals surface area contributed by atoms with Crippen molar-refractivity contribution in [3.63, 3.8) is 0 Å². The van der Waals surface area contributed by atoms with Crippen molar-refractivity contribution in [2.24, 2.45) is 4.99 Å². The van der Waals surface area contributed by atoms with Crippen LogP contribution in [-0.4, -0.2) is 34.3 Å². The van der Waals surface area contributed by atoms with Gasteiger partial charge < -0.3 is 15.4 Å². The summed E-state index contributed by atoms with van der Waals surface area (Å²) in [6.07, 6.45) is 1.18. The van der Waals surface area contributed by atoms with Gasteiger partial charge >= 0.3 is 6.61 Å². The summed E-state index contributed by atoms with van der Waals surface area (Å²) in [5.41, 5.74) is 2.34. The van der Waals surface area contributed by atoms with Crippen LogP contribution in [-0.2, 0) is 22.9 Å². The van der Waals surface area contributed by atoms with Crippen LogP contribution in [0.5, 0.6) is 5.75 Å². The second-order valence-electron chi connectivity index (χ2n) is 6.18. The molecule has 2 rings (SSSR count). The third kappa shape index (κ3) is 8.13. The second-order valence-corrected chi connectivity index (χ2v) is 8.16. The molecule has 2 N–H and O–H groups in total. The van der Waals surface area contributed by atoms with Crippen molar-refractivity contribution in [3.05, 3.63) is 59.2 Å². The number of aryl methyl sites for hydroxylation is 1. The Labute approximate surface area is 186 Å². The third-order valence-corrected chi connectivity index (χ3v) is 5.16. The van der Waals surface area contributed by atoms with Crippen LogP contribution < -0.4 is 15.4 Å². The smallest absolute Gasteiger partial charge is 0.387 e. The van der Waals surface area contributed by atoms with Gasteiger partial charge in [-0.3, -0.25) is 4.99 Å². The maximum Gasteiger partial charge on any atom is 0.387 e. The van der Waals surface area contributed by atoms with Gasteiger partial charge in [0.1, 0.15) is 5.75 Å². The maximum atomic E-state index is 12.3. The van der Waals surface area contributed by atoms with E-state index in [-0.39, 0.29) is 29.7 Å². The molecule has 0 aliphatic heterocycles. The molecule has 0 fully saturated rings. The number of aliphatic imine (C=N–C) groups is 1. The third-order valence-electron chi connectivity index (χ3n) is 3.91. The number of nitrogens with one attached hydrogen (secondary N) is 2. The Hall–Kier alpha value is -1.95. The lowest BCUT2D eigenvalue weighted by molar-refractivity contribution is -0.0498. The molecule has 2 aromatic carbocycles. The number of alkyl halides is 2. The molecule has 0 unspecified atom stereocenters. The molecule has 6 nitrogen and oxygen atoms in total. The average molecular weight is 539 g/mol. The number of hydrogen-bond donors (Lipinski definition) is 2. The van der Waals surface area contributed by atoms with Crippen molar-refractivity contribution < 1.29 is 21.9 Å². The van der Waals surface area contributed by atoms with Crippen LogP contribution in [0.1, 0.15) is 16.7 Å². The van der Waals surface area contributed by atoms with Gasteiger partial charge in [0.05, 0.1) is 4.90 Å². The molecule has 0 saturated carbocycles. The number of guanidine groups is 1. The molecule has 2 aromatic rings. The summed E-state index contributed by atoms with van der Waals surface area (Å²) >= 11 is 0. The summed E-state index contributed by atoms with van der Waals surface area (Å²) in [5.74, 6) is 0.615. The molecule has 0 aliphatic carbocycles. The van der Waals surface area contributed by atoms with Crippen molar-refractivity contribution in [3.8, 4) is 5.75 Å². The van der Waals surface area contributed by atoms with Crippen LogP contribution in [0.25, 0.3) is 0 Å². The maximum absolute atomic E-state index is 12.3. The fourth-order valence-electron chi connectivity index (χ4n) is 2.66. The number of nitrogens with zero attached hydrogens (tertiary/aromatic N) is 1. The van der Waals surface area contributed by atoms with Gasteiger partial charge in [-0.05, 0) is 41.8 Å². The molecular formula is C19H24F2IN3O3S. The summed E-state index contributed by atoms with van der Waals surface area (Å²) in [5, 5.41) is 6.21. The van der Waals surface area contributed by atoms with Crippen molar-refractivity contribution in [2.45, 2.75) is 31.5 Å². The summed E-state index contributed by atoms with van der Waals surface area (Å²) < 4.78 is 52.4. The van der Waals surface area contributed by atoms with Crippen LogP contribution in [0.3, 0.4) is 0 Å². The highest BCUT2D eigenvalue weighted by molar-refractivity contribution is 14.0. The van der Waals surface area contributed by atoms with Crippen molar-refractivity contribution in [1.29, 1.82) is 0 Å². The van der Waals surface area contributed by atoms with Gasteiger partial charge in [-0.25, -0.2) is 8.42 Å². The average Bonchev–Trinajstić information content (AvgIpc) is 2.60. The molecular weight excluding hydrogens is 515 g/mol. The lowest BCUT2D eigenvalue weighted by Crippen LogP contribution is -2.36. The van der Waals surface area contributed by atoms with E-state index in [1.54, 1.807) is 38.2 Å². The molecule has 10 heteroatoms. The van der Waals surface area contributed by atoms with Crippen LogP contribution in [0.15, 0.2) is 52.4 Å². The van der Waals surface area contributed by atoms with Crippen LogP contribution in [0, 0.1) is 6.92 Å². The quantitative estimate of drug-likeness (QED) is 0.320. The SMILES string of the molecule is CN=C(NCc1cccc(OC(F)F)c1)NCc1ccc(S(C)(=O)=O)c(C)c1.I. The minimum Gasteiger partial charge on any atom is -0.435 e. The molecule has 0 radical (unpaired) electrons. The number of benzene rings is 2. The molecule has 0 aliphatic rings. The standard InChI is InChI=1S/C19H23F2N3O3S.HI/c1-13-9-15(7-8-17(13)28(3,25)26)12-24-19(22-2)23-11-14-5-4-6-16(10-14)27-18(20)21;/h4-10,18H,11-12H2,1-3H3,(H2,22,23,24);1H. The summed E-state index contributed by atoms with van der Waals surface area (Å²) in [6.45, 7) is -0.303. The second kappa shape index (κ2) is 11.3. The molecule has 0 atom stereocenters. The van der Waals surface area contributed by atoms with E-state index in [4.69, 9.17) is 0 Å². The summed E-state index contributed by atoms with van der Waals surface area (Å²) in [7, 11) is -1.64. The zero-order valence-electron chi connectivity index (χ0n) is 16.3. The number of hydrogen-bond acceptors (Lipinski definition) is 4. The summed E-state index contributed by atoms with van der Waals surface area (Å²) in [4.78, 5) is 4.43. The molecule has 0 aromatic heterocycles. The highest BCUT2D eigenvalue weighted by Crippen LogP contribution is 2.17. The number of rotatable bonds is 7. The van der Waals surface area contributed by atoms with E-state index < -0.39 is 16.4 Å². The summed E-state index contributed by atoms with van der Waals surface area (Å²) in [6, 6.07) is 11.6. The Balaban J connectivity index is 0.00000420. The monoisotopic (exact) mass is 539 g/mol. The molecule has 0 bridgehead atoms. The highest BCUT2D eigenvalue weighted by Gasteiger charge is 2.11. The van der Waals surface area contributed by atoms with Gasteiger partial charge in [0, 0.05) is 26.4 Å². The molecule has 0 spiro atoms. The van der Waals surface area contributed by atoms with Gasteiger partial charge in [0.15, 0.2) is 15.8 Å². The van der Waals surface area contributed by atoms with E-state index in [0.29, 0.717) is 29.5 Å². The van der Waals surface area contributed by atoms with Crippen molar-refractivity contribution >= 4 is 39.8 Å². The topological polar surface area (TPSA) is 79.8 Å². The minimum absolute atomic E-state index is 0. The van der Waals surface area contributed by atoms with Crippen molar-refractivity contribution in [1.82, 2.24) is 10.6 Å². The Bertz CT molecular complexity index is 953. The van der Waals surface area contributed by atoms with Crippen LogP contribution in [0.2, 0.25) is 0 Å². The van der Waals surface area contributed by atoms with Gasteiger partial charge in [-0.2, -0.15) is 8.78 Å². The molecule has 0 amide bonds. The van der Waals surface area contributed by atoms with Crippen LogP contribution >= 0.6 is 24.0 Å². The van der Waals surface area contributed by atoms with Gasteiger partial charge in [0.25, 0.3) is 0 Å². The first-order valence-corrected chi connectivity index (χ1v) is 10.4. The lowest BCUT2D eigenvalue weighted by Gasteiger charge is -2.13. The Morgan fingerprint density at radius 1 is 1.10 bits per heavy atom. The van der Waals surface area contributed by atoms with E-state index in [0.717, 1.165) is 11.1 Å². The van der Waals surface area contributed by atoms with Gasteiger partial charge in [0.2, 0.25) is 0 Å². The fraction of sp³-hybridized carbons (Fsp3) is 0.316. The van der Waals surface area contributed by atoms with E-state index >= 15 is 0 Å². The Morgan fingerprint density at radius 2 is 1.72 bits per heavy atom. The predicted molar refractivity (Wildman–Crippen MR) is 120 cm³/mol. The zero-order valence-corrected chi connectivity index (χ0v) is 19.4. The van der Waals surface area contributed by atoms with Crippen LogP contribution in [0.4, 0.5) is 8.78 Å². The Morgan fingerprint density at radius 3 is 2.24 bits per heavy atom. The molecule has 0 heterocycles. The van der Waals surface area contributed by atoms with E-state index in [1.807, 2.05) is 6.07 Å². The zero-order chi connectivity index (χ0) is 20.7. The number of halogens is 3. The van der Waals surface area contributed by atoms with Gasteiger partial charge in [-0.15, -0.1) is 24.0 Å². The highest BCUT2D eigenvalue weighted by atomic mass is 127. The molecule has 29 heavy (non-hydrogen) atoms. The predicted octanol–water partition coefficient (Wildman–Crippen LogP) is 3.48. The fourth-order valence-corrected chi connectivity index (χ4v) is 3.62. The van der Waals surface area contributed by atoms with Crippen molar-refractivity contribution in [2.75, 3.05) is 13.3 Å². The Kier molecular flexibility index (Phi) is 9.77. The molecule has 160 valence electrons.